The largest absolute Gasteiger partial charge is 0.496 e. The van der Waals surface area contributed by atoms with Gasteiger partial charge in [-0.05, 0) is 25.1 Å². The molecule has 0 spiro atoms. The third kappa shape index (κ3) is 3.85. The summed E-state index contributed by atoms with van der Waals surface area (Å²) in [5, 5.41) is 6.25. The van der Waals surface area contributed by atoms with Gasteiger partial charge in [-0.15, -0.1) is 11.3 Å². The van der Waals surface area contributed by atoms with E-state index in [2.05, 4.69) is 10.6 Å². The Bertz CT molecular complexity index is 682. The van der Waals surface area contributed by atoms with Crippen LogP contribution in [0.5, 0.6) is 5.75 Å². The second-order valence-corrected chi connectivity index (χ2v) is 5.87. The molecule has 0 aliphatic heterocycles. The summed E-state index contributed by atoms with van der Waals surface area (Å²) in [4.78, 5) is 23.8. The lowest BCUT2D eigenvalue weighted by molar-refractivity contribution is -0.114. The molecule has 2 amide bonds. The van der Waals surface area contributed by atoms with Crippen molar-refractivity contribution in [2.75, 3.05) is 12.4 Å². The molecule has 0 aliphatic rings. The summed E-state index contributed by atoms with van der Waals surface area (Å²) >= 11 is 1.24. The molecule has 116 valence electrons. The van der Waals surface area contributed by atoms with E-state index >= 15 is 0 Å². The minimum Gasteiger partial charge on any atom is -0.496 e. The average molecular weight is 318 g/mol. The Kier molecular flexibility index (Phi) is 5.16. The third-order valence-corrected chi connectivity index (χ3v) is 4.08. The lowest BCUT2D eigenvalue weighted by Gasteiger charge is -2.16. The van der Waals surface area contributed by atoms with Gasteiger partial charge in [0.2, 0.25) is 5.91 Å². The minimum atomic E-state index is -0.185. The smallest absolute Gasteiger partial charge is 0.261 e. The first-order chi connectivity index (χ1) is 10.5. The Morgan fingerprint density at radius 3 is 2.59 bits per heavy atom. The topological polar surface area (TPSA) is 67.4 Å². The van der Waals surface area contributed by atoms with Crippen LogP contribution in [0.1, 0.15) is 35.1 Å². The van der Waals surface area contributed by atoms with Crippen molar-refractivity contribution < 1.29 is 14.3 Å². The van der Waals surface area contributed by atoms with Crippen molar-refractivity contribution in [2.24, 2.45) is 0 Å². The van der Waals surface area contributed by atoms with Crippen LogP contribution in [0.25, 0.3) is 0 Å². The van der Waals surface area contributed by atoms with Gasteiger partial charge in [0.15, 0.2) is 0 Å². The van der Waals surface area contributed by atoms with Gasteiger partial charge in [-0.25, -0.2) is 0 Å². The molecule has 6 heteroatoms. The van der Waals surface area contributed by atoms with Crippen molar-refractivity contribution in [1.82, 2.24) is 5.32 Å². The molecule has 22 heavy (non-hydrogen) atoms. The van der Waals surface area contributed by atoms with Gasteiger partial charge in [0, 0.05) is 12.5 Å². The molecule has 2 N–H and O–H groups in total. The maximum Gasteiger partial charge on any atom is 0.261 e. The summed E-state index contributed by atoms with van der Waals surface area (Å²) in [5.74, 6) is 0.400. The van der Waals surface area contributed by atoms with Crippen molar-refractivity contribution in [1.29, 1.82) is 0 Å². The molecule has 0 saturated heterocycles. The maximum atomic E-state index is 12.3. The first kappa shape index (κ1) is 16.0. The van der Waals surface area contributed by atoms with Crippen LogP contribution in [0.4, 0.5) is 5.00 Å². The molecule has 2 rings (SSSR count). The van der Waals surface area contributed by atoms with Crippen molar-refractivity contribution in [3.8, 4) is 5.75 Å². The number of rotatable bonds is 5. The van der Waals surface area contributed by atoms with E-state index in [4.69, 9.17) is 4.74 Å². The Morgan fingerprint density at radius 2 is 1.91 bits per heavy atom. The molecule has 0 saturated carbocycles. The molecule has 0 bridgehead atoms. The Hall–Kier alpha value is -2.34. The lowest BCUT2D eigenvalue weighted by atomic mass is 10.1. The van der Waals surface area contributed by atoms with Crippen molar-refractivity contribution in [3.05, 3.63) is 46.8 Å². The standard InChI is InChI=1S/C16H18N2O3S/c1-10(12-6-4-5-7-13(12)21-3)17-16(20)14-8-9-15(22-14)18-11(2)19/h4-10H,1-3H3,(H,17,20)(H,18,19). The number of para-hydroxylation sites is 1. The van der Waals surface area contributed by atoms with Crippen molar-refractivity contribution >= 4 is 28.2 Å². The fourth-order valence-electron chi connectivity index (χ4n) is 2.07. The van der Waals surface area contributed by atoms with Gasteiger partial charge in [-0.2, -0.15) is 0 Å². The van der Waals surface area contributed by atoms with Crippen molar-refractivity contribution in [3.63, 3.8) is 0 Å². The first-order valence-corrected chi connectivity index (χ1v) is 7.64. The quantitative estimate of drug-likeness (QED) is 0.889. The molecule has 1 aromatic carbocycles. The Morgan fingerprint density at radius 1 is 1.18 bits per heavy atom. The number of anilines is 1. The van der Waals surface area contributed by atoms with Crippen LogP contribution >= 0.6 is 11.3 Å². The second-order valence-electron chi connectivity index (χ2n) is 4.78. The predicted molar refractivity (Wildman–Crippen MR) is 87.5 cm³/mol. The van der Waals surface area contributed by atoms with Crippen LogP contribution in [0.15, 0.2) is 36.4 Å². The van der Waals surface area contributed by atoms with Crippen LogP contribution in [0.3, 0.4) is 0 Å². The minimum absolute atomic E-state index is 0.156. The fraction of sp³-hybridized carbons (Fsp3) is 0.250. The number of hydrogen-bond acceptors (Lipinski definition) is 4. The fourth-order valence-corrected chi connectivity index (χ4v) is 2.93. The van der Waals surface area contributed by atoms with Gasteiger partial charge in [0.1, 0.15) is 5.75 Å². The Balaban J connectivity index is 2.08. The average Bonchev–Trinajstić information content (AvgIpc) is 2.94. The number of carbonyl (C=O) groups excluding carboxylic acids is 2. The molecule has 0 radical (unpaired) electrons. The van der Waals surface area contributed by atoms with E-state index in [1.54, 1.807) is 19.2 Å². The highest BCUT2D eigenvalue weighted by atomic mass is 32.1. The highest BCUT2D eigenvalue weighted by molar-refractivity contribution is 7.18. The van der Waals surface area contributed by atoms with E-state index in [1.165, 1.54) is 18.3 Å². The van der Waals surface area contributed by atoms with E-state index in [1.807, 2.05) is 31.2 Å². The summed E-state index contributed by atoms with van der Waals surface area (Å²) in [6, 6.07) is 10.8. The summed E-state index contributed by atoms with van der Waals surface area (Å²) in [6.07, 6.45) is 0. The van der Waals surface area contributed by atoms with Gasteiger partial charge in [0.25, 0.3) is 5.91 Å². The molecule has 2 aromatic rings. The number of ether oxygens (including phenoxy) is 1. The van der Waals surface area contributed by atoms with Crippen LogP contribution in [0.2, 0.25) is 0 Å². The monoisotopic (exact) mass is 318 g/mol. The zero-order chi connectivity index (χ0) is 16.1. The third-order valence-electron chi connectivity index (χ3n) is 3.08. The number of carbonyl (C=O) groups is 2. The normalized spacial score (nSPS) is 11.6. The van der Waals surface area contributed by atoms with E-state index < -0.39 is 0 Å². The molecular weight excluding hydrogens is 300 g/mol. The summed E-state index contributed by atoms with van der Waals surface area (Å²) in [5.41, 5.74) is 0.914. The predicted octanol–water partition coefficient (Wildman–Crippen LogP) is 3.21. The molecule has 1 atom stereocenters. The van der Waals surface area contributed by atoms with Crippen molar-refractivity contribution in [2.45, 2.75) is 19.9 Å². The molecular formula is C16H18N2O3S. The SMILES string of the molecule is COc1ccccc1C(C)NC(=O)c1ccc(NC(C)=O)s1. The molecule has 1 unspecified atom stereocenters. The van der Waals surface area contributed by atoms with Gasteiger partial charge in [0.05, 0.1) is 23.0 Å². The van der Waals surface area contributed by atoms with Crippen LogP contribution in [-0.2, 0) is 4.79 Å². The number of thiophene rings is 1. The second kappa shape index (κ2) is 7.09. The zero-order valence-electron chi connectivity index (χ0n) is 12.7. The first-order valence-electron chi connectivity index (χ1n) is 6.82. The van der Waals surface area contributed by atoms with Gasteiger partial charge >= 0.3 is 0 Å². The number of hydrogen-bond donors (Lipinski definition) is 2. The summed E-state index contributed by atoms with van der Waals surface area (Å²) in [6.45, 7) is 3.33. The lowest BCUT2D eigenvalue weighted by Crippen LogP contribution is -2.26. The van der Waals surface area contributed by atoms with E-state index in [0.29, 0.717) is 9.88 Å². The van der Waals surface area contributed by atoms with Crippen LogP contribution in [0, 0.1) is 0 Å². The molecule has 1 aromatic heterocycles. The van der Waals surface area contributed by atoms with Crippen LogP contribution < -0.4 is 15.4 Å². The highest BCUT2D eigenvalue weighted by Gasteiger charge is 2.16. The molecule has 0 aliphatic carbocycles. The number of amides is 2. The zero-order valence-corrected chi connectivity index (χ0v) is 13.5. The number of benzene rings is 1. The van der Waals surface area contributed by atoms with Gasteiger partial charge in [-0.1, -0.05) is 18.2 Å². The molecule has 1 heterocycles. The van der Waals surface area contributed by atoms with E-state index in [-0.39, 0.29) is 17.9 Å². The summed E-state index contributed by atoms with van der Waals surface area (Å²) in [7, 11) is 1.60. The van der Waals surface area contributed by atoms with E-state index in [9.17, 15) is 9.59 Å². The number of methoxy groups -OCH3 is 1. The van der Waals surface area contributed by atoms with Gasteiger partial charge < -0.3 is 15.4 Å². The van der Waals surface area contributed by atoms with Gasteiger partial charge in [-0.3, -0.25) is 9.59 Å². The highest BCUT2D eigenvalue weighted by Crippen LogP contribution is 2.26. The van der Waals surface area contributed by atoms with Crippen LogP contribution in [-0.4, -0.2) is 18.9 Å². The summed E-state index contributed by atoms with van der Waals surface area (Å²) < 4.78 is 5.31. The number of nitrogens with one attached hydrogen (secondary N) is 2. The van der Waals surface area contributed by atoms with E-state index in [0.717, 1.165) is 11.3 Å². The molecule has 5 nitrogen and oxygen atoms in total. The maximum absolute atomic E-state index is 12.3. The molecule has 0 fully saturated rings. The Labute approximate surface area is 133 Å².